The molecule has 0 bridgehead atoms. The van der Waals surface area contributed by atoms with Gasteiger partial charge in [0, 0.05) is 19.1 Å². The molecular weight excluding hydrogens is 172 g/mol. The molecule has 4 unspecified atom stereocenters. The minimum atomic E-state index is 0.577. The van der Waals surface area contributed by atoms with Crippen LogP contribution in [0, 0.1) is 17.8 Å². The predicted molar refractivity (Wildman–Crippen MR) is 62.2 cm³/mol. The molecule has 0 radical (unpaired) electrons. The van der Waals surface area contributed by atoms with Gasteiger partial charge < -0.3 is 10.6 Å². The zero-order chi connectivity index (χ0) is 10.7. The maximum Gasteiger partial charge on any atom is 0.0240 e. The predicted octanol–water partition coefficient (Wildman–Crippen LogP) is 1.95. The molecule has 4 atom stereocenters. The summed E-state index contributed by atoms with van der Waals surface area (Å²) in [5, 5.41) is 0. The van der Waals surface area contributed by atoms with Gasteiger partial charge in [-0.25, -0.2) is 0 Å². The Labute approximate surface area is 88.8 Å². The quantitative estimate of drug-likeness (QED) is 0.707. The molecule has 0 heterocycles. The maximum atomic E-state index is 5.84. The van der Waals surface area contributed by atoms with Crippen LogP contribution in [0.15, 0.2) is 0 Å². The SMILES string of the molecule is CCC(C)C(CN)N(C)CC1CC1C. The summed E-state index contributed by atoms with van der Waals surface area (Å²) in [6.45, 7) is 8.95. The fraction of sp³-hybridized carbons (Fsp3) is 1.00. The molecular formula is C12H26N2. The number of hydrogen-bond acceptors (Lipinski definition) is 2. The van der Waals surface area contributed by atoms with E-state index in [4.69, 9.17) is 5.73 Å². The average molecular weight is 198 g/mol. The van der Waals surface area contributed by atoms with Crippen molar-refractivity contribution in [2.75, 3.05) is 20.1 Å². The van der Waals surface area contributed by atoms with Gasteiger partial charge in [-0.3, -0.25) is 0 Å². The lowest BCUT2D eigenvalue weighted by atomic mass is 9.98. The zero-order valence-corrected chi connectivity index (χ0v) is 10.2. The Morgan fingerprint density at radius 3 is 2.43 bits per heavy atom. The van der Waals surface area contributed by atoms with Gasteiger partial charge in [0.2, 0.25) is 0 Å². The van der Waals surface area contributed by atoms with Gasteiger partial charge in [-0.15, -0.1) is 0 Å². The second-order valence-corrected chi connectivity index (χ2v) is 5.10. The molecule has 2 heteroatoms. The summed E-state index contributed by atoms with van der Waals surface area (Å²) in [6, 6.07) is 0.577. The van der Waals surface area contributed by atoms with Gasteiger partial charge in [-0.05, 0) is 31.2 Å². The van der Waals surface area contributed by atoms with Crippen LogP contribution in [0.4, 0.5) is 0 Å². The Balaban J connectivity index is 2.35. The highest BCUT2D eigenvalue weighted by Crippen LogP contribution is 2.38. The topological polar surface area (TPSA) is 29.3 Å². The van der Waals surface area contributed by atoms with E-state index in [1.54, 1.807) is 0 Å². The number of likely N-dealkylation sites (N-methyl/N-ethyl adjacent to an activating group) is 1. The van der Waals surface area contributed by atoms with Crippen LogP contribution in [0.25, 0.3) is 0 Å². The fourth-order valence-corrected chi connectivity index (χ4v) is 2.28. The normalized spacial score (nSPS) is 30.4. The van der Waals surface area contributed by atoms with Crippen molar-refractivity contribution in [1.29, 1.82) is 0 Å². The van der Waals surface area contributed by atoms with Crippen molar-refractivity contribution >= 4 is 0 Å². The molecule has 14 heavy (non-hydrogen) atoms. The second-order valence-electron chi connectivity index (χ2n) is 5.10. The Bertz CT molecular complexity index is 170. The molecule has 0 aliphatic heterocycles. The largest absolute Gasteiger partial charge is 0.329 e. The van der Waals surface area contributed by atoms with Gasteiger partial charge in [0.05, 0.1) is 0 Å². The van der Waals surface area contributed by atoms with Crippen molar-refractivity contribution < 1.29 is 0 Å². The summed E-state index contributed by atoms with van der Waals surface area (Å²) in [6.07, 6.45) is 2.65. The van der Waals surface area contributed by atoms with E-state index >= 15 is 0 Å². The first-order chi connectivity index (χ1) is 6.60. The summed E-state index contributed by atoms with van der Waals surface area (Å²) in [5.41, 5.74) is 5.84. The fourth-order valence-electron chi connectivity index (χ4n) is 2.28. The average Bonchev–Trinajstić information content (AvgIpc) is 2.82. The van der Waals surface area contributed by atoms with Gasteiger partial charge in [0.25, 0.3) is 0 Å². The number of nitrogens with zero attached hydrogens (tertiary/aromatic N) is 1. The van der Waals surface area contributed by atoms with E-state index in [9.17, 15) is 0 Å². The minimum absolute atomic E-state index is 0.577. The molecule has 1 saturated carbocycles. The molecule has 0 amide bonds. The molecule has 0 aromatic carbocycles. The first kappa shape index (κ1) is 12.0. The number of rotatable bonds is 6. The summed E-state index contributed by atoms with van der Waals surface area (Å²) >= 11 is 0. The molecule has 0 aromatic rings. The molecule has 2 N–H and O–H groups in total. The summed E-state index contributed by atoms with van der Waals surface area (Å²) in [7, 11) is 2.23. The third kappa shape index (κ3) is 2.96. The van der Waals surface area contributed by atoms with Crippen LogP contribution in [0.1, 0.15) is 33.6 Å². The van der Waals surface area contributed by atoms with Crippen LogP contribution in [0.3, 0.4) is 0 Å². The van der Waals surface area contributed by atoms with Gasteiger partial charge in [-0.1, -0.05) is 27.2 Å². The Hall–Kier alpha value is -0.0800. The summed E-state index contributed by atoms with van der Waals surface area (Å²) in [5.74, 6) is 2.62. The molecule has 0 saturated heterocycles. The van der Waals surface area contributed by atoms with Crippen LogP contribution in [-0.4, -0.2) is 31.1 Å². The lowest BCUT2D eigenvalue weighted by Gasteiger charge is -2.31. The van der Waals surface area contributed by atoms with Crippen molar-refractivity contribution in [2.24, 2.45) is 23.5 Å². The highest BCUT2D eigenvalue weighted by Gasteiger charge is 2.34. The molecule has 2 nitrogen and oxygen atoms in total. The van der Waals surface area contributed by atoms with Crippen molar-refractivity contribution in [2.45, 2.75) is 39.7 Å². The van der Waals surface area contributed by atoms with Crippen molar-refractivity contribution in [3.63, 3.8) is 0 Å². The zero-order valence-electron chi connectivity index (χ0n) is 10.2. The third-order valence-corrected chi connectivity index (χ3v) is 3.91. The van der Waals surface area contributed by atoms with E-state index in [1.807, 2.05) is 0 Å². The van der Waals surface area contributed by atoms with Crippen LogP contribution < -0.4 is 5.73 Å². The van der Waals surface area contributed by atoms with Crippen LogP contribution in [0.2, 0.25) is 0 Å². The van der Waals surface area contributed by atoms with Crippen LogP contribution in [0.5, 0.6) is 0 Å². The minimum Gasteiger partial charge on any atom is -0.329 e. The maximum absolute atomic E-state index is 5.84. The van der Waals surface area contributed by atoms with Gasteiger partial charge in [-0.2, -0.15) is 0 Å². The summed E-state index contributed by atoms with van der Waals surface area (Å²) in [4.78, 5) is 2.47. The molecule has 0 aromatic heterocycles. The van der Waals surface area contributed by atoms with Crippen molar-refractivity contribution in [3.05, 3.63) is 0 Å². The second kappa shape index (κ2) is 5.13. The first-order valence-corrected chi connectivity index (χ1v) is 6.00. The van der Waals surface area contributed by atoms with Crippen molar-refractivity contribution in [1.82, 2.24) is 4.90 Å². The molecule has 84 valence electrons. The Kier molecular flexibility index (Phi) is 4.39. The smallest absolute Gasteiger partial charge is 0.0240 e. The highest BCUT2D eigenvalue weighted by molar-refractivity contribution is 4.87. The third-order valence-electron chi connectivity index (χ3n) is 3.91. The van der Waals surface area contributed by atoms with Gasteiger partial charge in [0.1, 0.15) is 0 Å². The molecule has 1 rings (SSSR count). The van der Waals surface area contributed by atoms with Crippen molar-refractivity contribution in [3.8, 4) is 0 Å². The van der Waals surface area contributed by atoms with E-state index in [0.717, 1.165) is 24.3 Å². The molecule has 1 fully saturated rings. The molecule has 1 aliphatic carbocycles. The standard InChI is InChI=1S/C12H26N2/c1-5-9(2)12(7-13)14(4)8-11-6-10(11)3/h9-12H,5-8,13H2,1-4H3. The number of nitrogens with two attached hydrogens (primary N) is 1. The Morgan fingerprint density at radius 2 is 2.07 bits per heavy atom. The summed E-state index contributed by atoms with van der Waals surface area (Å²) < 4.78 is 0. The first-order valence-electron chi connectivity index (χ1n) is 6.00. The van der Waals surface area contributed by atoms with E-state index in [0.29, 0.717) is 6.04 Å². The van der Waals surface area contributed by atoms with E-state index in [2.05, 4.69) is 32.7 Å². The van der Waals surface area contributed by atoms with Gasteiger partial charge >= 0.3 is 0 Å². The van der Waals surface area contributed by atoms with Gasteiger partial charge in [0.15, 0.2) is 0 Å². The Morgan fingerprint density at radius 1 is 1.50 bits per heavy atom. The lowest BCUT2D eigenvalue weighted by Crippen LogP contribution is -2.43. The van der Waals surface area contributed by atoms with E-state index in [-0.39, 0.29) is 0 Å². The molecule has 0 spiro atoms. The van der Waals surface area contributed by atoms with Crippen LogP contribution >= 0.6 is 0 Å². The molecule has 1 aliphatic rings. The lowest BCUT2D eigenvalue weighted by molar-refractivity contribution is 0.177. The van der Waals surface area contributed by atoms with E-state index < -0.39 is 0 Å². The van der Waals surface area contributed by atoms with Crippen LogP contribution in [-0.2, 0) is 0 Å². The monoisotopic (exact) mass is 198 g/mol. The number of hydrogen-bond donors (Lipinski definition) is 1. The van der Waals surface area contributed by atoms with E-state index in [1.165, 1.54) is 19.4 Å². The highest BCUT2D eigenvalue weighted by atomic mass is 15.1.